The van der Waals surface area contributed by atoms with Gasteiger partial charge in [-0.3, -0.25) is 4.79 Å². The summed E-state index contributed by atoms with van der Waals surface area (Å²) in [4.78, 5) is 9.46. The maximum absolute atomic E-state index is 9.46. The van der Waals surface area contributed by atoms with E-state index in [9.17, 15) is 4.79 Å². The first-order valence-corrected chi connectivity index (χ1v) is 1.97. The van der Waals surface area contributed by atoms with E-state index in [0.717, 1.165) is 6.08 Å². The fourth-order valence-corrected chi connectivity index (χ4v) is 0. The lowest BCUT2D eigenvalue weighted by Crippen LogP contribution is -1.67. The smallest absolute Gasteiger partial charge is 0.244 e. The van der Waals surface area contributed by atoms with Crippen molar-refractivity contribution in [2.45, 2.75) is 0 Å². The highest BCUT2D eigenvalue weighted by Gasteiger charge is 1.74. The van der Waals surface area contributed by atoms with Crippen molar-refractivity contribution in [3.05, 3.63) is 25.8 Å². The van der Waals surface area contributed by atoms with E-state index in [2.05, 4.69) is 19.7 Å². The van der Waals surface area contributed by atoms with Crippen LogP contribution in [0.25, 0.3) is 0 Å². The second kappa shape index (κ2) is 9.06. The Hall–Kier alpha value is -0.560. The number of carbonyl (C=O) groups excluding carboxylic acids is 1. The standard InChI is InChI=1S/C3H3ClO.C2H4/c1-2-3(4)5;1-2/h2H,1H2;1-2H2. The third kappa shape index (κ3) is 31.0. The van der Waals surface area contributed by atoms with Gasteiger partial charge in [-0.05, 0) is 17.7 Å². The molecular weight excluding hydrogens is 112 g/mol. The summed E-state index contributed by atoms with van der Waals surface area (Å²) in [6, 6.07) is 0. The van der Waals surface area contributed by atoms with Crippen molar-refractivity contribution in [3.8, 4) is 0 Å². The van der Waals surface area contributed by atoms with Gasteiger partial charge in [-0.25, -0.2) is 0 Å². The number of hydrogen-bond acceptors (Lipinski definition) is 1. The Morgan fingerprint density at radius 1 is 1.57 bits per heavy atom. The molecule has 0 bridgehead atoms. The average molecular weight is 119 g/mol. The Balaban J connectivity index is 0. The van der Waals surface area contributed by atoms with Crippen LogP contribution in [0.3, 0.4) is 0 Å². The number of allylic oxidation sites excluding steroid dienone is 1. The molecule has 0 radical (unpaired) electrons. The van der Waals surface area contributed by atoms with E-state index >= 15 is 0 Å². The lowest BCUT2D eigenvalue weighted by Gasteiger charge is -1.59. The molecule has 0 aromatic heterocycles. The first-order chi connectivity index (χ1) is 3.27. The average Bonchev–Trinajstić information content (AvgIpc) is 1.73. The maximum atomic E-state index is 9.46. The zero-order valence-electron chi connectivity index (χ0n) is 3.98. The van der Waals surface area contributed by atoms with Crippen LogP contribution < -0.4 is 0 Å². The molecule has 0 aliphatic heterocycles. The Bertz CT molecular complexity index is 68.5. The van der Waals surface area contributed by atoms with Gasteiger partial charge >= 0.3 is 0 Å². The van der Waals surface area contributed by atoms with Crippen LogP contribution >= 0.6 is 11.6 Å². The summed E-state index contributed by atoms with van der Waals surface area (Å²) in [5.74, 6) is 0. The van der Waals surface area contributed by atoms with Crippen LogP contribution in [0, 0.1) is 0 Å². The third-order valence-corrected chi connectivity index (χ3v) is 0.315. The summed E-state index contributed by atoms with van der Waals surface area (Å²) in [5, 5.41) is -0.509. The Labute approximate surface area is 48.3 Å². The summed E-state index contributed by atoms with van der Waals surface area (Å²) in [5.41, 5.74) is 0. The fourth-order valence-electron chi connectivity index (χ4n) is 0. The van der Waals surface area contributed by atoms with Crippen molar-refractivity contribution < 1.29 is 4.79 Å². The molecule has 0 fully saturated rings. The third-order valence-electron chi connectivity index (χ3n) is 0.160. The summed E-state index contributed by atoms with van der Waals surface area (Å²) in [6.45, 7) is 9.08. The molecule has 0 rings (SSSR count). The molecule has 1 nitrogen and oxygen atoms in total. The number of halogens is 1. The highest BCUT2D eigenvalue weighted by molar-refractivity contribution is 6.66. The molecule has 0 spiro atoms. The highest BCUT2D eigenvalue weighted by Crippen LogP contribution is 1.74. The van der Waals surface area contributed by atoms with Crippen molar-refractivity contribution in [2.75, 3.05) is 0 Å². The van der Waals surface area contributed by atoms with E-state index in [1.807, 2.05) is 0 Å². The molecule has 2 heteroatoms. The van der Waals surface area contributed by atoms with Crippen molar-refractivity contribution in [1.29, 1.82) is 0 Å². The molecule has 0 aliphatic carbocycles. The van der Waals surface area contributed by atoms with Crippen LogP contribution in [0.4, 0.5) is 0 Å². The van der Waals surface area contributed by atoms with Gasteiger partial charge in [0.1, 0.15) is 0 Å². The van der Waals surface area contributed by atoms with Gasteiger partial charge in [-0.15, -0.1) is 13.2 Å². The normalized spacial score (nSPS) is 5.29. The van der Waals surface area contributed by atoms with Gasteiger partial charge in [0.05, 0.1) is 0 Å². The molecule has 0 N–H and O–H groups in total. The van der Waals surface area contributed by atoms with Crippen LogP contribution in [-0.2, 0) is 4.79 Å². The van der Waals surface area contributed by atoms with Crippen LogP contribution in [0.1, 0.15) is 0 Å². The Kier molecular flexibility index (Phi) is 12.5. The molecule has 0 aromatic rings. The number of carbonyl (C=O) groups is 1. The minimum atomic E-state index is -0.509. The molecule has 0 heterocycles. The van der Waals surface area contributed by atoms with E-state index in [4.69, 9.17) is 11.6 Å². The second-order valence-corrected chi connectivity index (χ2v) is 0.881. The van der Waals surface area contributed by atoms with Crippen LogP contribution in [0.2, 0.25) is 0 Å². The second-order valence-electron chi connectivity index (χ2n) is 0.508. The summed E-state index contributed by atoms with van der Waals surface area (Å²) >= 11 is 4.71. The molecule has 0 unspecified atom stereocenters. The van der Waals surface area contributed by atoms with Gasteiger partial charge in [-0.2, -0.15) is 0 Å². The monoisotopic (exact) mass is 118 g/mol. The van der Waals surface area contributed by atoms with E-state index in [1.165, 1.54) is 0 Å². The SMILES string of the molecule is C=C.C=CC(=O)Cl. The van der Waals surface area contributed by atoms with E-state index in [1.54, 1.807) is 0 Å². The van der Waals surface area contributed by atoms with Crippen molar-refractivity contribution in [3.63, 3.8) is 0 Å². The predicted octanol–water partition coefficient (Wildman–Crippen LogP) is 1.74. The lowest BCUT2D eigenvalue weighted by molar-refractivity contribution is -0.107. The van der Waals surface area contributed by atoms with Crippen LogP contribution in [0.5, 0.6) is 0 Å². The molecule has 0 atom stereocenters. The summed E-state index contributed by atoms with van der Waals surface area (Å²) in [7, 11) is 0. The first-order valence-electron chi connectivity index (χ1n) is 1.59. The van der Waals surface area contributed by atoms with Gasteiger partial charge in [-0.1, -0.05) is 6.58 Å². The van der Waals surface area contributed by atoms with Crippen molar-refractivity contribution in [1.82, 2.24) is 0 Å². The maximum Gasteiger partial charge on any atom is 0.244 e. The van der Waals surface area contributed by atoms with Gasteiger partial charge in [0, 0.05) is 0 Å². The number of hydrogen-bond donors (Lipinski definition) is 0. The van der Waals surface area contributed by atoms with Crippen molar-refractivity contribution >= 4 is 16.8 Å². The van der Waals surface area contributed by atoms with Crippen LogP contribution in [-0.4, -0.2) is 5.24 Å². The molecule has 0 aromatic carbocycles. The Morgan fingerprint density at radius 3 is 1.71 bits per heavy atom. The molecular formula is C5H7ClO. The predicted molar refractivity (Wildman–Crippen MR) is 32.3 cm³/mol. The Morgan fingerprint density at radius 2 is 1.71 bits per heavy atom. The van der Waals surface area contributed by atoms with Crippen LogP contribution in [0.15, 0.2) is 25.8 Å². The van der Waals surface area contributed by atoms with E-state index in [0.29, 0.717) is 0 Å². The van der Waals surface area contributed by atoms with Gasteiger partial charge in [0.25, 0.3) is 0 Å². The first kappa shape index (κ1) is 9.67. The molecule has 0 aliphatic rings. The molecule has 7 heavy (non-hydrogen) atoms. The molecule has 0 amide bonds. The van der Waals surface area contributed by atoms with E-state index in [-0.39, 0.29) is 0 Å². The summed E-state index contributed by atoms with van der Waals surface area (Å²) < 4.78 is 0. The zero-order chi connectivity index (χ0) is 6.28. The lowest BCUT2D eigenvalue weighted by atomic mass is 10.7. The highest BCUT2D eigenvalue weighted by atomic mass is 35.5. The summed E-state index contributed by atoms with van der Waals surface area (Å²) in [6.07, 6.45) is 1.04. The topological polar surface area (TPSA) is 17.1 Å². The van der Waals surface area contributed by atoms with Gasteiger partial charge in [0.15, 0.2) is 0 Å². The minimum Gasteiger partial charge on any atom is -0.276 e. The van der Waals surface area contributed by atoms with Gasteiger partial charge in [0.2, 0.25) is 5.24 Å². The molecule has 0 saturated carbocycles. The minimum absolute atomic E-state index is 0.509. The van der Waals surface area contributed by atoms with Crippen molar-refractivity contribution in [2.24, 2.45) is 0 Å². The number of rotatable bonds is 1. The fraction of sp³-hybridized carbons (Fsp3) is 0. The molecule has 0 saturated heterocycles. The van der Waals surface area contributed by atoms with E-state index < -0.39 is 5.24 Å². The van der Waals surface area contributed by atoms with Gasteiger partial charge < -0.3 is 0 Å². The molecule has 40 valence electrons. The largest absolute Gasteiger partial charge is 0.276 e. The zero-order valence-corrected chi connectivity index (χ0v) is 4.74. The quantitative estimate of drug-likeness (QED) is 0.291.